The topological polar surface area (TPSA) is 152 Å². The quantitative estimate of drug-likeness (QED) is 0.382. The molecule has 1 fully saturated rings. The van der Waals surface area contributed by atoms with Gasteiger partial charge in [0.1, 0.15) is 33.0 Å². The number of nitrogens with zero attached hydrogens (tertiary/aromatic N) is 4. The molecule has 15 heteroatoms. The number of amides is 3. The summed E-state index contributed by atoms with van der Waals surface area (Å²) in [5.41, 5.74) is 0.380. The molecule has 4 rings (SSSR count). The van der Waals surface area contributed by atoms with Crippen LogP contribution in [0.25, 0.3) is 0 Å². The maximum absolute atomic E-state index is 13.6. The van der Waals surface area contributed by atoms with Crippen molar-refractivity contribution in [3.8, 4) is 11.5 Å². The van der Waals surface area contributed by atoms with E-state index in [-0.39, 0.29) is 46.5 Å². The lowest BCUT2D eigenvalue weighted by atomic mass is 9.81. The van der Waals surface area contributed by atoms with Crippen LogP contribution in [-0.4, -0.2) is 67.2 Å². The number of hydrogen-bond donors (Lipinski definition) is 2. The van der Waals surface area contributed by atoms with Gasteiger partial charge in [0.25, 0.3) is 0 Å². The van der Waals surface area contributed by atoms with Gasteiger partial charge in [0.2, 0.25) is 5.95 Å². The number of nitrogens with one attached hydrogen (secondary N) is 2. The zero-order chi connectivity index (χ0) is 32.8. The molecule has 1 aromatic heterocycles. The van der Waals surface area contributed by atoms with Crippen molar-refractivity contribution in [3.63, 3.8) is 0 Å². The van der Waals surface area contributed by atoms with Crippen molar-refractivity contribution in [2.24, 2.45) is 5.92 Å². The number of benzene rings is 1. The van der Waals surface area contributed by atoms with Crippen LogP contribution in [0, 0.1) is 5.92 Å². The molecule has 13 nitrogen and oxygen atoms in total. The highest BCUT2D eigenvalue weighted by Gasteiger charge is 2.36. The van der Waals surface area contributed by atoms with E-state index in [9.17, 15) is 9.59 Å². The molecule has 2 aromatic rings. The van der Waals surface area contributed by atoms with Crippen LogP contribution < -0.4 is 29.9 Å². The Labute approximate surface area is 266 Å². The zero-order valence-corrected chi connectivity index (χ0v) is 27.3. The van der Waals surface area contributed by atoms with Gasteiger partial charge in [0.05, 0.1) is 32.5 Å². The third kappa shape index (κ3) is 8.02. The Bertz CT molecular complexity index is 1370. The first-order valence-corrected chi connectivity index (χ1v) is 14.8. The van der Waals surface area contributed by atoms with E-state index in [1.165, 1.54) is 24.0 Å². The molecule has 2 N–H and O–H groups in total. The molecular formula is C29H38Cl2N6O7. The first kappa shape index (κ1) is 34.7. The van der Waals surface area contributed by atoms with Crippen molar-refractivity contribution in [1.82, 2.24) is 15.3 Å². The highest BCUT2D eigenvalue weighted by atomic mass is 35.5. The third-order valence-corrected chi connectivity index (χ3v) is 8.11. The Morgan fingerprint density at radius 3 is 2.27 bits per heavy atom. The molecule has 0 bridgehead atoms. The molecule has 0 unspecified atom stereocenters. The van der Waals surface area contributed by atoms with Gasteiger partial charge in [0.15, 0.2) is 0 Å². The minimum absolute atomic E-state index is 0.105. The Morgan fingerprint density at radius 1 is 1.11 bits per heavy atom. The number of carbonyl (C=O) groups excluding carboxylic acids is 4. The van der Waals surface area contributed by atoms with Gasteiger partial charge in [-0.3, -0.25) is 9.80 Å². The van der Waals surface area contributed by atoms with E-state index >= 15 is 0 Å². The predicted molar refractivity (Wildman–Crippen MR) is 165 cm³/mol. The fraction of sp³-hybridized carbons (Fsp3) is 0.552. The summed E-state index contributed by atoms with van der Waals surface area (Å²) in [4.78, 5) is 54.5. The van der Waals surface area contributed by atoms with Gasteiger partial charge in [0, 0.05) is 30.9 Å². The van der Waals surface area contributed by atoms with E-state index in [1.807, 2.05) is 20.8 Å². The molecule has 0 spiro atoms. The second kappa shape index (κ2) is 14.8. The largest absolute Gasteiger partial charge is 0.495 e. The van der Waals surface area contributed by atoms with Gasteiger partial charge in [-0.15, -0.1) is 0 Å². The van der Waals surface area contributed by atoms with Crippen molar-refractivity contribution in [2.75, 3.05) is 36.4 Å². The summed E-state index contributed by atoms with van der Waals surface area (Å²) in [5.74, 6) is 1.98. The Hall–Kier alpha value is -3.80. The van der Waals surface area contributed by atoms with E-state index in [0.29, 0.717) is 34.7 Å². The maximum Gasteiger partial charge on any atom is 0.407 e. The van der Waals surface area contributed by atoms with Crippen LogP contribution in [-0.2, 0) is 20.9 Å². The highest BCUT2D eigenvalue weighted by Crippen LogP contribution is 2.47. The number of fused-ring (bicyclic) bond motifs is 1. The summed E-state index contributed by atoms with van der Waals surface area (Å²) < 4.78 is 16.3. The molecule has 1 aliphatic heterocycles. The molecule has 3 amide bonds. The van der Waals surface area contributed by atoms with Crippen LogP contribution in [0.3, 0.4) is 0 Å². The first-order valence-electron chi connectivity index (χ1n) is 14.0. The minimum Gasteiger partial charge on any atom is -0.495 e. The van der Waals surface area contributed by atoms with E-state index in [4.69, 9.17) is 47.0 Å². The van der Waals surface area contributed by atoms with Gasteiger partial charge in [-0.1, -0.05) is 36.5 Å². The van der Waals surface area contributed by atoms with Gasteiger partial charge in [-0.2, -0.15) is 14.6 Å². The third-order valence-electron chi connectivity index (χ3n) is 7.38. The molecule has 44 heavy (non-hydrogen) atoms. The number of anilines is 3. The summed E-state index contributed by atoms with van der Waals surface area (Å²) in [6.07, 6.45) is 5.17. The van der Waals surface area contributed by atoms with Crippen molar-refractivity contribution in [1.29, 1.82) is 0 Å². The monoisotopic (exact) mass is 652 g/mol. The molecule has 0 saturated heterocycles. The normalized spacial score (nSPS) is 19.6. The van der Waals surface area contributed by atoms with Crippen LogP contribution in [0.1, 0.15) is 58.9 Å². The van der Waals surface area contributed by atoms with Gasteiger partial charge in [-0.25, -0.2) is 14.6 Å². The number of alkyl carbamates (subject to hydrolysis) is 1. The highest BCUT2D eigenvalue weighted by molar-refractivity contribution is 6.42. The zero-order valence-electron chi connectivity index (χ0n) is 25.8. The fourth-order valence-electron chi connectivity index (χ4n) is 5.25. The van der Waals surface area contributed by atoms with E-state index in [0.717, 1.165) is 25.7 Å². The molecule has 1 saturated carbocycles. The molecule has 2 heterocycles. The summed E-state index contributed by atoms with van der Waals surface area (Å²) in [5, 5.41) is 6.82. The fourth-order valence-corrected chi connectivity index (χ4v) is 5.95. The second-order valence-corrected chi connectivity index (χ2v) is 12.2. The van der Waals surface area contributed by atoms with Crippen LogP contribution in [0.4, 0.5) is 27.0 Å². The van der Waals surface area contributed by atoms with Crippen LogP contribution in [0.2, 0.25) is 10.0 Å². The Kier molecular flexibility index (Phi) is 11.7. The molecular weight excluding hydrogens is 615 g/mol. The molecule has 1 aromatic carbocycles. The Balaban J connectivity index is 0.00000169. The average Bonchev–Trinajstić information content (AvgIpc) is 2.96. The summed E-state index contributed by atoms with van der Waals surface area (Å²) >= 11 is 13.2. The number of ether oxygens (including phenoxy) is 3. The van der Waals surface area contributed by atoms with Gasteiger partial charge >= 0.3 is 18.3 Å². The number of hydrogen-bond acceptors (Lipinski definition) is 10. The van der Waals surface area contributed by atoms with Crippen molar-refractivity contribution < 1.29 is 33.4 Å². The van der Waals surface area contributed by atoms with E-state index < -0.39 is 11.7 Å². The van der Waals surface area contributed by atoms with E-state index in [2.05, 4.69) is 27.5 Å². The molecule has 3 atom stereocenters. The number of carbonyl (C=O) groups is 2. The van der Waals surface area contributed by atoms with Crippen molar-refractivity contribution in [3.05, 3.63) is 27.9 Å². The molecule has 240 valence electrons. The van der Waals surface area contributed by atoms with Crippen LogP contribution >= 0.6 is 23.2 Å². The predicted octanol–water partition coefficient (Wildman–Crippen LogP) is 5.68. The summed E-state index contributed by atoms with van der Waals surface area (Å²) in [6, 6.07) is 0.922. The van der Waals surface area contributed by atoms with Crippen LogP contribution in [0.5, 0.6) is 11.5 Å². The van der Waals surface area contributed by atoms with Gasteiger partial charge in [-0.05, 0) is 46.0 Å². The smallest absolute Gasteiger partial charge is 0.407 e. The number of aromatic nitrogens is 2. The lowest BCUT2D eigenvalue weighted by molar-refractivity contribution is -0.191. The lowest BCUT2D eigenvalue weighted by Crippen LogP contribution is -2.51. The summed E-state index contributed by atoms with van der Waals surface area (Å²) in [7, 11) is 4.58. The number of halogens is 2. The number of urea groups is 1. The molecule has 0 radical (unpaired) electrons. The SMILES string of the molecule is CC[C@@H]1CC[C@@H](Nc2ncc3c(n2)N(C)C(=O)N(c2c(Cl)c(OC)cc(OC)c2Cl)C3)[C@@H](NC(=O)OC(C)(C)C)C1.O=C=O. The first-order chi connectivity index (χ1) is 20.8. The second-order valence-electron chi connectivity index (χ2n) is 11.4. The Morgan fingerprint density at radius 2 is 1.73 bits per heavy atom. The lowest BCUT2D eigenvalue weighted by Gasteiger charge is -2.38. The minimum atomic E-state index is -0.594. The standard InChI is InChI=1S/C28H38Cl2N6O5.CO2/c1-8-15-9-10-17(18(11-15)33-26(37)41-28(2,3)4)32-25-31-13-16-14-36(27(38)35(5)24(16)34-25)23-21(29)19(39-6)12-20(40-7)22(23)30;2-1-3/h12-13,15,17-18H,8-11,14H2,1-7H3,(H,33,37)(H,31,32,34);/t15-,17-,18+;/m1./s1. The molecule has 2 aliphatic rings. The van der Waals surface area contributed by atoms with Crippen molar-refractivity contribution in [2.45, 2.75) is 77.6 Å². The average molecular weight is 654 g/mol. The molecule has 1 aliphatic carbocycles. The van der Waals surface area contributed by atoms with E-state index in [1.54, 1.807) is 19.3 Å². The summed E-state index contributed by atoms with van der Waals surface area (Å²) in [6.45, 7) is 7.81. The van der Waals surface area contributed by atoms with Gasteiger partial charge < -0.3 is 24.8 Å². The van der Waals surface area contributed by atoms with Crippen LogP contribution in [0.15, 0.2) is 12.3 Å². The van der Waals surface area contributed by atoms with Crippen molar-refractivity contribution >= 4 is 58.9 Å². The number of methoxy groups -OCH3 is 2. The number of rotatable bonds is 7. The maximum atomic E-state index is 13.6.